The summed E-state index contributed by atoms with van der Waals surface area (Å²) < 4.78 is 70.1. The summed E-state index contributed by atoms with van der Waals surface area (Å²) in [6, 6.07) is 0.788. The van der Waals surface area contributed by atoms with Gasteiger partial charge in [-0.05, 0) is 59.5 Å². The van der Waals surface area contributed by atoms with Gasteiger partial charge in [0.05, 0.1) is 49.6 Å². The summed E-state index contributed by atoms with van der Waals surface area (Å²) in [7, 11) is 8.21. The van der Waals surface area contributed by atoms with Gasteiger partial charge in [-0.3, -0.25) is 33.7 Å². The van der Waals surface area contributed by atoms with Crippen LogP contribution in [0, 0.1) is 0 Å². The number of hydrogen-bond donors (Lipinski definition) is 9. The van der Waals surface area contributed by atoms with Gasteiger partial charge in [-0.25, -0.2) is 44.3 Å². The zero-order chi connectivity index (χ0) is 80.0. The Bertz CT molecular complexity index is 4980. The molecule has 35 nitrogen and oxygen atoms in total. The van der Waals surface area contributed by atoms with E-state index in [4.69, 9.17) is 53.3 Å². The number of esters is 2. The fraction of sp³-hybridized carbons (Fsp3) is 0.426. The lowest BCUT2D eigenvalue weighted by atomic mass is 9.85. The third kappa shape index (κ3) is 17.1. The predicted octanol–water partition coefficient (Wildman–Crippen LogP) is 4.64. The number of hydrogen-bond acceptors (Lipinski definition) is 32. The monoisotopic (exact) mass is 1640 g/mol. The van der Waals surface area contributed by atoms with Crippen LogP contribution in [-0.4, -0.2) is 262 Å². The molecule has 13 rings (SSSR count). The van der Waals surface area contributed by atoms with Gasteiger partial charge in [0.25, 0.3) is 23.6 Å². The van der Waals surface area contributed by atoms with Crippen LogP contribution in [0.3, 0.4) is 0 Å². The molecular formula is C68H72F3N15O20S5. The average molecular weight is 1640 g/mol. The molecule has 8 aromatic rings. The number of nitrogens with zero attached hydrogens (tertiary/aromatic N) is 11. The largest absolute Gasteiger partial charge is 0.506 e. The van der Waals surface area contributed by atoms with Crippen LogP contribution in [-0.2, 0) is 60.8 Å². The number of rotatable bonds is 9. The standard InChI is InChI=1S/C66H71N15O18S5.C2HF3O2/c1-28(82)45-57(88)75-46(29(2)94-9)60-70-38(26-102-60)56(87)76-49-51-52(99-43-18-66(4,92)53(78(7)8)30(3)98-43)65(91)96-20-31-11-10-12-40-44(31)33(21-95-51)50(81(40)93)64(90)97-22-34(67-54(85)36-25-103-62(49)71-36)59-68-35(23-101-59)47-32(58-69-37(24-100-58)55(86)74-45)17-41(83)48(73-47)61-72-39(27-104-61)63(89)80-15-13-79(14-16-80)19-42(84)77(5)6;3-2(4,5)1(6)7/h10-12,17,23-28,30,34,43,45,49,51-53,82-83,92-93H,13-16,18-22H2,1-9H3,(H,67,85)(H,74,86)(H,75,88)(H,76,87);(H,6,7)/b46-29+;/t28-,30+,34+,43+,45+,49+,51+,52+,53-,66+;/m1./s1. The van der Waals surface area contributed by atoms with Crippen LogP contribution in [0.5, 0.6) is 5.75 Å². The van der Waals surface area contributed by atoms with E-state index in [-0.39, 0.29) is 117 Å². The third-order valence-corrected chi connectivity index (χ3v) is 23.0. The smallest absolute Gasteiger partial charge is 0.490 e. The second-order valence-electron chi connectivity index (χ2n) is 26.7. The lowest BCUT2D eigenvalue weighted by molar-refractivity contribution is -0.280. The number of nitrogens with one attached hydrogen (secondary N) is 4. The summed E-state index contributed by atoms with van der Waals surface area (Å²) in [5.74, 6) is -9.46. The number of allylic oxidation sites excluding steroid dienone is 1. The molecule has 6 amide bonds. The van der Waals surface area contributed by atoms with E-state index in [1.54, 1.807) is 69.4 Å². The second kappa shape index (κ2) is 32.7. The number of pyridine rings is 1. The Kier molecular flexibility index (Phi) is 23.7. The number of aliphatic hydroxyl groups is 2. The summed E-state index contributed by atoms with van der Waals surface area (Å²) in [5, 5.41) is 73.3. The van der Waals surface area contributed by atoms with Crippen LogP contribution in [0.2, 0.25) is 0 Å². The minimum atomic E-state index is -5.08. The van der Waals surface area contributed by atoms with Crippen molar-refractivity contribution < 1.29 is 110 Å². The van der Waals surface area contributed by atoms with Crippen molar-refractivity contribution in [1.82, 2.24) is 75.5 Å². The van der Waals surface area contributed by atoms with Gasteiger partial charge in [-0.15, -0.1) is 56.7 Å². The van der Waals surface area contributed by atoms with Crippen molar-refractivity contribution in [2.75, 3.05) is 74.6 Å². The molecule has 5 aliphatic heterocycles. The molecular weight excluding hydrogens is 1560 g/mol. The zero-order valence-corrected chi connectivity index (χ0v) is 64.3. The number of aliphatic hydroxyl groups excluding tert-OH is 1. The van der Waals surface area contributed by atoms with Gasteiger partial charge in [-0.2, -0.15) is 17.9 Å². The van der Waals surface area contributed by atoms with Crippen LogP contribution < -0.4 is 21.3 Å². The molecule has 111 heavy (non-hydrogen) atoms. The maximum Gasteiger partial charge on any atom is 0.490 e. The maximum atomic E-state index is 15.2. The van der Waals surface area contributed by atoms with E-state index in [1.165, 1.54) is 59.5 Å². The van der Waals surface area contributed by atoms with E-state index in [2.05, 4.69) is 36.2 Å². The van der Waals surface area contributed by atoms with Crippen molar-refractivity contribution in [2.45, 2.75) is 114 Å². The number of alkyl halides is 3. The topological polar surface area (TPSA) is 454 Å². The average Bonchev–Trinajstić information content (AvgIpc) is 1.65. The Morgan fingerprint density at radius 1 is 0.802 bits per heavy atom. The molecule has 5 aliphatic rings. The highest BCUT2D eigenvalue weighted by Crippen LogP contribution is 2.43. The number of aliphatic carboxylic acids is 1. The van der Waals surface area contributed by atoms with E-state index in [0.717, 1.165) is 56.7 Å². The molecule has 590 valence electrons. The number of amides is 6. The number of aromatic nitrogens is 7. The Balaban J connectivity index is 0.00000156. The number of aromatic hydroxyl groups is 1. The quantitative estimate of drug-likeness (QED) is 0.0540. The molecule has 7 aromatic heterocycles. The first kappa shape index (κ1) is 80.5. The molecule has 0 aliphatic carbocycles. The van der Waals surface area contributed by atoms with Gasteiger partial charge in [0.15, 0.2) is 18.1 Å². The van der Waals surface area contributed by atoms with E-state index < -0.39 is 145 Å². The zero-order valence-electron chi connectivity index (χ0n) is 60.2. The Hall–Kier alpha value is -10.1. The number of benzene rings is 1. The van der Waals surface area contributed by atoms with Crippen molar-refractivity contribution in [1.29, 1.82) is 0 Å². The van der Waals surface area contributed by atoms with Gasteiger partial charge < -0.3 is 90.0 Å². The molecule has 0 radical (unpaired) electrons. The van der Waals surface area contributed by atoms with Crippen LogP contribution in [0.25, 0.3) is 49.3 Å². The minimum Gasteiger partial charge on any atom is -0.506 e. The molecule has 10 atom stereocenters. The number of carboxylic acid groups (broad SMARTS) is 1. The SMILES string of the molecule is CO/C(C)=C1/NC(=O)[C@H]([C@@H](C)O)NC(=O)c2csc(n2)-c2cc(O)c(-c3nc(C(=O)N4CCN(CC(=O)N(C)C)CC4)cs3)nc2-c2csc(n2)[C@@H]2COC(=O)c3c4c5c(cccc5n3O)COC(=O)[C@@H](O[C@H]3C[C@](C)(O)[C@H](N(C)C)[C@H](C)O3)[C@@H](OC4)[C@H](NC(=O)c3csc1n3)c1nc(cs1)C(=O)N2.O=C(O)C(F)(F)F. The minimum absolute atomic E-state index is 0.00827. The number of fused-ring (bicyclic) bond motifs is 15. The third-order valence-electron chi connectivity index (χ3n) is 18.5. The summed E-state index contributed by atoms with van der Waals surface area (Å²) in [6.45, 7) is 6.02. The van der Waals surface area contributed by atoms with Crippen LogP contribution in [0.1, 0.15) is 125 Å². The molecule has 2 saturated heterocycles. The van der Waals surface area contributed by atoms with E-state index in [0.29, 0.717) is 36.5 Å². The molecule has 0 unspecified atom stereocenters. The Morgan fingerprint density at radius 3 is 2.10 bits per heavy atom. The number of carbonyl (C=O) groups is 9. The fourth-order valence-electron chi connectivity index (χ4n) is 13.1. The molecule has 9 N–H and O–H groups in total. The number of carboxylic acids is 1. The van der Waals surface area contributed by atoms with Gasteiger partial charge in [0, 0.05) is 90.1 Å². The molecule has 12 heterocycles. The number of likely N-dealkylation sites (N-methyl/N-ethyl adjacent to an activating group) is 2. The molecule has 43 heteroatoms. The van der Waals surface area contributed by atoms with E-state index in [9.17, 15) is 52.9 Å². The van der Waals surface area contributed by atoms with Crippen LogP contribution >= 0.6 is 56.7 Å². The maximum absolute atomic E-state index is 15.2. The van der Waals surface area contributed by atoms with E-state index in [1.807, 2.05) is 4.90 Å². The lowest BCUT2D eigenvalue weighted by Crippen LogP contribution is -2.62. The van der Waals surface area contributed by atoms with Gasteiger partial charge >= 0.3 is 24.1 Å². The molecule has 12 bridgehead atoms. The lowest BCUT2D eigenvalue weighted by Gasteiger charge is -2.48. The summed E-state index contributed by atoms with van der Waals surface area (Å²) in [4.78, 5) is 160. The number of piperazine rings is 1. The Morgan fingerprint density at radius 2 is 1.43 bits per heavy atom. The number of cyclic esters (lactones) is 2. The van der Waals surface area contributed by atoms with Crippen molar-refractivity contribution >= 4 is 127 Å². The summed E-state index contributed by atoms with van der Waals surface area (Å²) >= 11 is 4.70. The van der Waals surface area contributed by atoms with Crippen LogP contribution in [0.4, 0.5) is 13.2 Å². The molecule has 0 saturated carbocycles. The first-order valence-corrected chi connectivity index (χ1v) is 38.2. The number of carbonyl (C=O) groups excluding carboxylic acids is 8. The molecule has 2 fully saturated rings. The number of ether oxygens (including phenoxy) is 6. The molecule has 0 spiro atoms. The van der Waals surface area contributed by atoms with Gasteiger partial charge in [0.1, 0.15) is 120 Å². The Labute approximate surface area is 647 Å². The van der Waals surface area contributed by atoms with Crippen molar-refractivity contribution in [3.05, 3.63) is 112 Å². The number of thiazole rings is 5. The summed E-state index contributed by atoms with van der Waals surface area (Å²) in [6.07, 6.45) is -12.6. The second-order valence-corrected chi connectivity index (χ2v) is 31.0. The fourth-order valence-corrected chi connectivity index (χ4v) is 17.2. The van der Waals surface area contributed by atoms with Crippen LogP contribution in [0.15, 0.2) is 56.9 Å². The van der Waals surface area contributed by atoms with Crippen molar-refractivity contribution in [3.8, 4) is 38.4 Å². The van der Waals surface area contributed by atoms with Crippen molar-refractivity contribution in [3.63, 3.8) is 0 Å². The highest BCUT2D eigenvalue weighted by molar-refractivity contribution is 7.14. The normalized spacial score (nSPS) is 23.6. The van der Waals surface area contributed by atoms with Crippen molar-refractivity contribution in [2.24, 2.45) is 0 Å². The summed E-state index contributed by atoms with van der Waals surface area (Å²) in [5.41, 5.74) is -2.23. The number of methoxy groups -OCH3 is 1. The highest BCUT2D eigenvalue weighted by Gasteiger charge is 2.50. The van der Waals surface area contributed by atoms with Gasteiger partial charge in [-0.1, -0.05) is 12.1 Å². The first-order valence-electron chi connectivity index (χ1n) is 33.8. The van der Waals surface area contributed by atoms with Gasteiger partial charge in [0.2, 0.25) is 11.8 Å². The first-order chi connectivity index (χ1) is 52.6. The highest BCUT2D eigenvalue weighted by atomic mass is 32.1. The predicted molar refractivity (Wildman–Crippen MR) is 389 cm³/mol. The number of halogens is 3. The van der Waals surface area contributed by atoms with E-state index >= 15 is 19.2 Å². The molecule has 1 aromatic carbocycles.